The van der Waals surface area contributed by atoms with Crippen LogP contribution in [-0.4, -0.2) is 39.2 Å². The van der Waals surface area contributed by atoms with Crippen molar-refractivity contribution in [1.82, 2.24) is 10.3 Å². The maximum atomic E-state index is 12.1. The fourth-order valence-corrected chi connectivity index (χ4v) is 3.38. The molecule has 0 aliphatic carbocycles. The summed E-state index contributed by atoms with van der Waals surface area (Å²) in [4.78, 5) is 15.9. The minimum atomic E-state index is -3.44. The Balaban J connectivity index is 1.88. The number of rotatable bonds is 9. The quantitative estimate of drug-likeness (QED) is 0.722. The molecular weight excluding hydrogens is 354 g/mol. The topological polar surface area (TPSA) is 88.6 Å². The Hall–Kier alpha value is -2.61. The van der Waals surface area contributed by atoms with Gasteiger partial charge >= 0.3 is 0 Å². The lowest BCUT2D eigenvalue weighted by Crippen LogP contribution is -2.32. The third-order valence-electron chi connectivity index (χ3n) is 3.74. The van der Waals surface area contributed by atoms with Gasteiger partial charge in [0.25, 0.3) is 0 Å². The molecule has 1 N–H and O–H groups in total. The van der Waals surface area contributed by atoms with Gasteiger partial charge in [-0.25, -0.2) is 8.42 Å². The molecule has 2 rings (SSSR count). The highest BCUT2D eigenvalue weighted by atomic mass is 32.2. The Morgan fingerprint density at radius 1 is 1.23 bits per heavy atom. The van der Waals surface area contributed by atoms with Gasteiger partial charge in [-0.3, -0.25) is 14.1 Å². The molecule has 2 aromatic rings. The first kappa shape index (κ1) is 19.7. The number of nitrogens with zero attached hydrogens (tertiary/aromatic N) is 2. The number of aromatic nitrogens is 1. The van der Waals surface area contributed by atoms with Gasteiger partial charge in [0, 0.05) is 31.9 Å². The molecule has 1 heterocycles. The first-order valence-corrected chi connectivity index (χ1v) is 10.0. The highest BCUT2D eigenvalue weighted by Crippen LogP contribution is 2.21. The molecule has 0 atom stereocenters. The van der Waals surface area contributed by atoms with Crippen LogP contribution in [0.1, 0.15) is 18.4 Å². The third-order valence-corrected chi connectivity index (χ3v) is 4.93. The number of ether oxygens (including phenoxy) is 1. The first-order valence-electron chi connectivity index (χ1n) is 8.17. The van der Waals surface area contributed by atoms with Crippen LogP contribution in [0.25, 0.3) is 0 Å². The van der Waals surface area contributed by atoms with Crippen molar-refractivity contribution in [1.29, 1.82) is 0 Å². The number of sulfonamides is 1. The normalized spacial score (nSPS) is 11.0. The van der Waals surface area contributed by atoms with Crippen LogP contribution >= 0.6 is 0 Å². The Bertz CT molecular complexity index is 808. The van der Waals surface area contributed by atoms with Gasteiger partial charge in [0.1, 0.15) is 5.75 Å². The third kappa shape index (κ3) is 6.03. The number of pyridine rings is 1. The fourth-order valence-electron chi connectivity index (χ4n) is 2.41. The second-order valence-corrected chi connectivity index (χ2v) is 7.68. The van der Waals surface area contributed by atoms with E-state index in [1.54, 1.807) is 49.8 Å². The van der Waals surface area contributed by atoms with Gasteiger partial charge in [-0.2, -0.15) is 0 Å². The van der Waals surface area contributed by atoms with E-state index in [0.717, 1.165) is 11.8 Å². The van der Waals surface area contributed by atoms with Crippen LogP contribution in [0.4, 0.5) is 5.69 Å². The number of carbonyl (C=O) groups excluding carboxylic acids is 1. The summed E-state index contributed by atoms with van der Waals surface area (Å²) in [5.41, 5.74) is 1.46. The average Bonchev–Trinajstić information content (AvgIpc) is 2.63. The zero-order chi connectivity index (χ0) is 19.0. The van der Waals surface area contributed by atoms with E-state index >= 15 is 0 Å². The van der Waals surface area contributed by atoms with E-state index in [2.05, 4.69) is 10.3 Å². The van der Waals surface area contributed by atoms with Crippen LogP contribution in [0.15, 0.2) is 48.8 Å². The van der Waals surface area contributed by atoms with Crippen molar-refractivity contribution in [3.8, 4) is 5.75 Å². The van der Waals surface area contributed by atoms with Crippen molar-refractivity contribution < 1.29 is 17.9 Å². The van der Waals surface area contributed by atoms with Gasteiger partial charge in [0.2, 0.25) is 15.9 Å². The lowest BCUT2D eigenvalue weighted by Gasteiger charge is -2.22. The molecule has 0 fully saturated rings. The fraction of sp³-hybridized carbons (Fsp3) is 0.333. The van der Waals surface area contributed by atoms with Crippen LogP contribution in [0.2, 0.25) is 0 Å². The average molecular weight is 377 g/mol. The maximum Gasteiger partial charge on any atom is 0.232 e. The van der Waals surface area contributed by atoms with Crippen LogP contribution < -0.4 is 14.4 Å². The van der Waals surface area contributed by atoms with E-state index in [9.17, 15) is 13.2 Å². The molecule has 140 valence electrons. The highest BCUT2D eigenvalue weighted by molar-refractivity contribution is 7.92. The molecule has 0 saturated carbocycles. The Kier molecular flexibility index (Phi) is 6.97. The first-order chi connectivity index (χ1) is 12.4. The second kappa shape index (κ2) is 9.19. The van der Waals surface area contributed by atoms with Gasteiger partial charge < -0.3 is 10.1 Å². The Morgan fingerprint density at radius 3 is 2.54 bits per heavy atom. The van der Waals surface area contributed by atoms with Gasteiger partial charge in [-0.05, 0) is 42.3 Å². The van der Waals surface area contributed by atoms with Crippen molar-refractivity contribution >= 4 is 21.6 Å². The Morgan fingerprint density at radius 2 is 1.96 bits per heavy atom. The summed E-state index contributed by atoms with van der Waals surface area (Å²) in [6.45, 7) is 0.631. The van der Waals surface area contributed by atoms with E-state index in [1.165, 1.54) is 4.31 Å². The van der Waals surface area contributed by atoms with Crippen molar-refractivity contribution in [2.45, 2.75) is 19.4 Å². The Labute approximate surface area is 154 Å². The highest BCUT2D eigenvalue weighted by Gasteiger charge is 2.17. The summed E-state index contributed by atoms with van der Waals surface area (Å²) in [6.07, 6.45) is 5.17. The lowest BCUT2D eigenvalue weighted by atomic mass is 10.2. The number of amides is 1. The zero-order valence-corrected chi connectivity index (χ0v) is 15.7. The van der Waals surface area contributed by atoms with E-state index in [-0.39, 0.29) is 18.9 Å². The molecule has 1 amide bonds. The standard InChI is InChI=1S/C18H23N3O4S/c1-25-17-9-7-16(8-10-17)21(26(2,23)24)12-4-6-18(22)20-14-15-5-3-11-19-13-15/h3,5,7-11,13H,4,6,12,14H2,1-2H3,(H,20,22). The predicted octanol–water partition coefficient (Wildman–Crippen LogP) is 1.95. The molecule has 7 nitrogen and oxygen atoms in total. The number of hydrogen-bond acceptors (Lipinski definition) is 5. The van der Waals surface area contributed by atoms with Gasteiger partial charge in [0.05, 0.1) is 19.1 Å². The summed E-state index contributed by atoms with van der Waals surface area (Å²) in [7, 11) is -1.89. The number of benzene rings is 1. The van der Waals surface area contributed by atoms with Crippen molar-refractivity contribution in [3.63, 3.8) is 0 Å². The molecule has 0 aliphatic rings. The van der Waals surface area contributed by atoms with Gasteiger partial charge in [0.15, 0.2) is 0 Å². The van der Waals surface area contributed by atoms with E-state index in [4.69, 9.17) is 4.74 Å². The molecule has 0 spiro atoms. The maximum absolute atomic E-state index is 12.1. The van der Waals surface area contributed by atoms with Crippen LogP contribution in [0, 0.1) is 0 Å². The predicted molar refractivity (Wildman–Crippen MR) is 101 cm³/mol. The molecule has 1 aromatic heterocycles. The molecule has 8 heteroatoms. The zero-order valence-electron chi connectivity index (χ0n) is 14.9. The van der Waals surface area contributed by atoms with Gasteiger partial charge in [-0.1, -0.05) is 6.07 Å². The largest absolute Gasteiger partial charge is 0.497 e. The molecule has 26 heavy (non-hydrogen) atoms. The number of nitrogens with one attached hydrogen (secondary N) is 1. The molecule has 0 aliphatic heterocycles. The monoisotopic (exact) mass is 377 g/mol. The number of methoxy groups -OCH3 is 1. The number of carbonyl (C=O) groups is 1. The van der Waals surface area contributed by atoms with Gasteiger partial charge in [-0.15, -0.1) is 0 Å². The van der Waals surface area contributed by atoms with Crippen molar-refractivity contribution in [2.75, 3.05) is 24.2 Å². The van der Waals surface area contributed by atoms with Crippen LogP contribution in [0.5, 0.6) is 5.75 Å². The summed E-state index contributed by atoms with van der Waals surface area (Å²) in [6, 6.07) is 10.5. The summed E-state index contributed by atoms with van der Waals surface area (Å²) >= 11 is 0. The molecule has 1 aromatic carbocycles. The van der Waals surface area contributed by atoms with Crippen LogP contribution in [-0.2, 0) is 21.4 Å². The lowest BCUT2D eigenvalue weighted by molar-refractivity contribution is -0.121. The molecule has 0 saturated heterocycles. The number of anilines is 1. The van der Waals surface area contributed by atoms with Crippen LogP contribution in [0.3, 0.4) is 0 Å². The molecule has 0 bridgehead atoms. The summed E-state index contributed by atoms with van der Waals surface area (Å²) < 4.78 is 30.5. The van der Waals surface area contributed by atoms with E-state index in [1.807, 2.05) is 6.07 Å². The molecule has 0 radical (unpaired) electrons. The minimum Gasteiger partial charge on any atom is -0.497 e. The number of hydrogen-bond donors (Lipinski definition) is 1. The minimum absolute atomic E-state index is 0.128. The van der Waals surface area contributed by atoms with E-state index in [0.29, 0.717) is 24.4 Å². The smallest absolute Gasteiger partial charge is 0.232 e. The van der Waals surface area contributed by atoms with Crippen molar-refractivity contribution in [2.24, 2.45) is 0 Å². The molecule has 0 unspecified atom stereocenters. The van der Waals surface area contributed by atoms with E-state index < -0.39 is 10.0 Å². The van der Waals surface area contributed by atoms with Crippen molar-refractivity contribution in [3.05, 3.63) is 54.4 Å². The summed E-state index contributed by atoms with van der Waals surface area (Å²) in [5.74, 6) is 0.522. The molecular formula is C18H23N3O4S. The SMILES string of the molecule is COc1ccc(N(CCCC(=O)NCc2cccnc2)S(C)(=O)=O)cc1. The summed E-state index contributed by atoms with van der Waals surface area (Å²) in [5, 5.41) is 2.80. The second-order valence-electron chi connectivity index (χ2n) is 5.77.